The lowest BCUT2D eigenvalue weighted by molar-refractivity contribution is 0.259. The number of hydrogen-bond acceptors (Lipinski definition) is 3. The molecule has 2 aromatic rings. The van der Waals surface area contributed by atoms with Gasteiger partial charge in [-0.2, -0.15) is 0 Å². The first kappa shape index (κ1) is 12.1. The second kappa shape index (κ2) is 4.97. The number of benzene rings is 2. The number of anilines is 1. The molecule has 1 aliphatic heterocycles. The molecule has 0 saturated heterocycles. The van der Waals surface area contributed by atoms with Gasteiger partial charge in [-0.1, -0.05) is 18.2 Å². The molecule has 0 unspecified atom stereocenters. The lowest BCUT2D eigenvalue weighted by Gasteiger charge is -2.13. The number of ether oxygens (including phenoxy) is 2. The molecule has 0 radical (unpaired) electrons. The van der Waals surface area contributed by atoms with Crippen LogP contribution >= 0.6 is 0 Å². The number of nitrogens with two attached hydrogens (primary N) is 1. The molecule has 0 saturated carbocycles. The second-order valence-electron chi connectivity index (χ2n) is 4.24. The van der Waals surface area contributed by atoms with E-state index >= 15 is 0 Å². The molecule has 0 aromatic heterocycles. The third kappa shape index (κ3) is 2.42. The molecule has 3 N–H and O–H groups in total. The second-order valence-corrected chi connectivity index (χ2v) is 4.24. The molecule has 2 aromatic carbocycles. The number of rotatable bonds is 2. The highest BCUT2D eigenvalue weighted by Crippen LogP contribution is 2.35. The summed E-state index contributed by atoms with van der Waals surface area (Å²) in [7, 11) is 0. The first-order chi connectivity index (χ1) is 9.72. The van der Waals surface area contributed by atoms with Gasteiger partial charge in [-0.05, 0) is 35.4 Å². The van der Waals surface area contributed by atoms with Gasteiger partial charge in [0.1, 0.15) is 12.5 Å². The highest BCUT2D eigenvalue weighted by Gasteiger charge is 2.10. The summed E-state index contributed by atoms with van der Waals surface area (Å²) in [5.41, 5.74) is 7.65. The quantitative estimate of drug-likeness (QED) is 0.879. The number of primary amides is 1. The van der Waals surface area contributed by atoms with Crippen LogP contribution in [0.4, 0.5) is 10.5 Å². The first-order valence-electron chi connectivity index (χ1n) is 6.02. The van der Waals surface area contributed by atoms with Gasteiger partial charge in [0, 0.05) is 5.69 Å². The lowest BCUT2D eigenvalue weighted by Crippen LogP contribution is -2.19. The number of hydrogen-bond donors (Lipinski definition) is 2. The van der Waals surface area contributed by atoms with E-state index in [4.69, 9.17) is 15.2 Å². The van der Waals surface area contributed by atoms with Gasteiger partial charge in [0.2, 0.25) is 0 Å². The summed E-state index contributed by atoms with van der Waals surface area (Å²) in [5.74, 6) is 1.32. The predicted octanol–water partition coefficient (Wildman–Crippen LogP) is 3.09. The van der Waals surface area contributed by atoms with Crippen molar-refractivity contribution in [2.45, 2.75) is 0 Å². The van der Waals surface area contributed by atoms with Gasteiger partial charge in [-0.25, -0.2) is 4.79 Å². The van der Waals surface area contributed by atoms with Crippen molar-refractivity contribution in [1.82, 2.24) is 0 Å². The molecule has 20 heavy (non-hydrogen) atoms. The van der Waals surface area contributed by atoms with Crippen LogP contribution in [0.1, 0.15) is 0 Å². The summed E-state index contributed by atoms with van der Waals surface area (Å²) in [6.07, 6.45) is 2.97. The highest BCUT2D eigenvalue weighted by atomic mass is 16.5. The van der Waals surface area contributed by atoms with Crippen molar-refractivity contribution in [1.29, 1.82) is 0 Å². The van der Waals surface area contributed by atoms with Crippen molar-refractivity contribution < 1.29 is 14.3 Å². The van der Waals surface area contributed by atoms with E-state index in [0.717, 1.165) is 11.1 Å². The van der Waals surface area contributed by atoms with E-state index in [0.29, 0.717) is 17.2 Å². The largest absolute Gasteiger partial charge is 0.458 e. The Morgan fingerprint density at radius 3 is 2.50 bits per heavy atom. The van der Waals surface area contributed by atoms with Crippen LogP contribution in [-0.2, 0) is 0 Å². The van der Waals surface area contributed by atoms with Crippen LogP contribution in [0.5, 0.6) is 11.5 Å². The van der Waals surface area contributed by atoms with Crippen molar-refractivity contribution in [2.75, 3.05) is 5.32 Å². The molecule has 0 bridgehead atoms. The zero-order valence-corrected chi connectivity index (χ0v) is 10.5. The molecule has 0 spiro atoms. The Bertz CT molecular complexity index is 695. The SMILES string of the molecule is NC(=O)Nc1cccc(-c2ccc3c(c2)OC=CO3)c1. The van der Waals surface area contributed by atoms with E-state index in [9.17, 15) is 4.79 Å². The van der Waals surface area contributed by atoms with E-state index in [1.807, 2.05) is 36.4 Å². The van der Waals surface area contributed by atoms with Crippen LogP contribution in [0.25, 0.3) is 11.1 Å². The van der Waals surface area contributed by atoms with Crippen LogP contribution in [0.15, 0.2) is 55.0 Å². The Balaban J connectivity index is 1.95. The van der Waals surface area contributed by atoms with Gasteiger partial charge in [0.25, 0.3) is 0 Å². The van der Waals surface area contributed by atoms with Crippen molar-refractivity contribution in [3.8, 4) is 22.6 Å². The zero-order valence-electron chi connectivity index (χ0n) is 10.5. The fourth-order valence-corrected chi connectivity index (χ4v) is 2.00. The Morgan fingerprint density at radius 2 is 1.70 bits per heavy atom. The Hall–Kier alpha value is -2.95. The molecule has 100 valence electrons. The molecule has 1 heterocycles. The van der Waals surface area contributed by atoms with E-state index in [1.54, 1.807) is 6.07 Å². The van der Waals surface area contributed by atoms with Gasteiger partial charge in [-0.3, -0.25) is 0 Å². The van der Waals surface area contributed by atoms with Crippen LogP contribution in [0.2, 0.25) is 0 Å². The summed E-state index contributed by atoms with van der Waals surface area (Å²) >= 11 is 0. The van der Waals surface area contributed by atoms with Gasteiger partial charge in [-0.15, -0.1) is 0 Å². The van der Waals surface area contributed by atoms with Crippen LogP contribution in [-0.4, -0.2) is 6.03 Å². The van der Waals surface area contributed by atoms with E-state index < -0.39 is 6.03 Å². The van der Waals surface area contributed by atoms with Gasteiger partial charge >= 0.3 is 6.03 Å². The average Bonchev–Trinajstić information content (AvgIpc) is 2.46. The Labute approximate surface area is 115 Å². The van der Waals surface area contributed by atoms with Crippen molar-refractivity contribution in [3.63, 3.8) is 0 Å². The minimum Gasteiger partial charge on any atom is -0.458 e. The molecule has 0 fully saturated rings. The Morgan fingerprint density at radius 1 is 0.950 bits per heavy atom. The minimum atomic E-state index is -0.588. The fourth-order valence-electron chi connectivity index (χ4n) is 2.00. The number of nitrogens with one attached hydrogen (secondary N) is 1. The summed E-state index contributed by atoms with van der Waals surface area (Å²) in [6, 6.07) is 12.4. The molecule has 0 atom stereocenters. The lowest BCUT2D eigenvalue weighted by atomic mass is 10.0. The molecule has 3 rings (SSSR count). The highest BCUT2D eigenvalue weighted by molar-refractivity contribution is 5.88. The fraction of sp³-hybridized carbons (Fsp3) is 0. The van der Waals surface area contributed by atoms with Gasteiger partial charge in [0.15, 0.2) is 11.5 Å². The van der Waals surface area contributed by atoms with E-state index in [1.165, 1.54) is 12.5 Å². The van der Waals surface area contributed by atoms with E-state index in [2.05, 4.69) is 5.32 Å². The molecular formula is C15H12N2O3. The van der Waals surface area contributed by atoms with Crippen molar-refractivity contribution in [2.24, 2.45) is 5.73 Å². The van der Waals surface area contributed by atoms with Crippen LogP contribution in [0.3, 0.4) is 0 Å². The summed E-state index contributed by atoms with van der Waals surface area (Å²) in [5, 5.41) is 2.55. The number of carbonyl (C=O) groups excluding carboxylic acids is 1. The molecule has 2 amide bonds. The maximum absolute atomic E-state index is 10.9. The van der Waals surface area contributed by atoms with Crippen LogP contribution in [0, 0.1) is 0 Å². The summed E-state index contributed by atoms with van der Waals surface area (Å²) < 4.78 is 10.7. The number of amides is 2. The maximum Gasteiger partial charge on any atom is 0.316 e. The number of fused-ring (bicyclic) bond motifs is 1. The first-order valence-corrected chi connectivity index (χ1v) is 6.02. The van der Waals surface area contributed by atoms with Gasteiger partial charge < -0.3 is 20.5 Å². The molecular weight excluding hydrogens is 256 g/mol. The smallest absolute Gasteiger partial charge is 0.316 e. The third-order valence-electron chi connectivity index (χ3n) is 2.85. The summed E-state index contributed by atoms with van der Waals surface area (Å²) in [4.78, 5) is 10.9. The van der Waals surface area contributed by atoms with E-state index in [-0.39, 0.29) is 0 Å². The monoisotopic (exact) mass is 268 g/mol. The summed E-state index contributed by atoms with van der Waals surface area (Å²) in [6.45, 7) is 0. The molecule has 0 aliphatic carbocycles. The third-order valence-corrected chi connectivity index (χ3v) is 2.85. The molecule has 1 aliphatic rings. The topological polar surface area (TPSA) is 73.6 Å². The number of urea groups is 1. The van der Waals surface area contributed by atoms with Crippen molar-refractivity contribution >= 4 is 11.7 Å². The van der Waals surface area contributed by atoms with Crippen molar-refractivity contribution in [3.05, 3.63) is 55.0 Å². The zero-order chi connectivity index (χ0) is 13.9. The molecule has 5 nitrogen and oxygen atoms in total. The minimum absolute atomic E-state index is 0.588. The maximum atomic E-state index is 10.9. The van der Waals surface area contributed by atoms with Gasteiger partial charge in [0.05, 0.1) is 0 Å². The normalized spacial score (nSPS) is 12.0. The Kier molecular flexibility index (Phi) is 3.01. The number of carbonyl (C=O) groups is 1. The standard InChI is InChI=1S/C15H12N2O3/c16-15(18)17-12-3-1-2-10(8-12)11-4-5-13-14(9-11)20-7-6-19-13/h1-9H,(H3,16,17,18). The van der Waals surface area contributed by atoms with Crippen LogP contribution < -0.4 is 20.5 Å². The predicted molar refractivity (Wildman–Crippen MR) is 75.5 cm³/mol. The average molecular weight is 268 g/mol. The molecule has 5 heteroatoms.